The third-order valence-corrected chi connectivity index (χ3v) is 3.87. The van der Waals surface area contributed by atoms with Crippen LogP contribution in [0.25, 0.3) is 11.3 Å². The van der Waals surface area contributed by atoms with E-state index in [0.29, 0.717) is 17.9 Å². The van der Waals surface area contributed by atoms with E-state index in [9.17, 15) is 4.39 Å². The van der Waals surface area contributed by atoms with Crippen molar-refractivity contribution in [2.24, 2.45) is 0 Å². The van der Waals surface area contributed by atoms with Crippen LogP contribution in [-0.2, 0) is 0 Å². The summed E-state index contributed by atoms with van der Waals surface area (Å²) in [5.41, 5.74) is 1.46. The molecule has 2 aromatic rings. The Bertz CT molecular complexity index is 556. The van der Waals surface area contributed by atoms with E-state index in [1.165, 1.54) is 12.1 Å². The normalized spacial score (nSPS) is 12.4. The Balaban J connectivity index is 2.40. The van der Waals surface area contributed by atoms with Crippen molar-refractivity contribution in [3.05, 3.63) is 34.4 Å². The summed E-state index contributed by atoms with van der Waals surface area (Å²) in [6, 6.07) is 4.70. The van der Waals surface area contributed by atoms with E-state index in [1.54, 1.807) is 17.4 Å². The molecule has 0 amide bonds. The van der Waals surface area contributed by atoms with E-state index in [4.69, 9.17) is 4.74 Å². The summed E-state index contributed by atoms with van der Waals surface area (Å²) >= 11 is 1.56. The van der Waals surface area contributed by atoms with Crippen LogP contribution in [-0.4, -0.2) is 18.6 Å². The number of hydrogen-bond donors (Lipinski definition) is 1. The van der Waals surface area contributed by atoms with Gasteiger partial charge in [0.25, 0.3) is 0 Å². The number of nitrogens with one attached hydrogen (secondary N) is 1. The number of thiazole rings is 1. The highest BCUT2D eigenvalue weighted by molar-refractivity contribution is 7.10. The zero-order chi connectivity index (χ0) is 13.8. The van der Waals surface area contributed by atoms with Gasteiger partial charge in [-0.1, -0.05) is 0 Å². The lowest BCUT2D eigenvalue weighted by Gasteiger charge is -2.08. The molecule has 0 bridgehead atoms. The zero-order valence-corrected chi connectivity index (χ0v) is 12.1. The third kappa shape index (κ3) is 3.11. The van der Waals surface area contributed by atoms with E-state index >= 15 is 0 Å². The molecule has 1 atom stereocenters. The van der Waals surface area contributed by atoms with E-state index in [0.717, 1.165) is 10.7 Å². The molecule has 1 aromatic heterocycles. The molecule has 0 aliphatic carbocycles. The average Bonchev–Trinajstić information content (AvgIpc) is 2.89. The zero-order valence-electron chi connectivity index (χ0n) is 11.2. The molecule has 0 aliphatic heterocycles. The Morgan fingerprint density at radius 3 is 2.95 bits per heavy atom. The molecule has 1 N–H and O–H groups in total. The van der Waals surface area contributed by atoms with Gasteiger partial charge in [0, 0.05) is 10.9 Å². The lowest BCUT2D eigenvalue weighted by atomic mass is 10.1. The molecule has 0 saturated heterocycles. The predicted molar refractivity (Wildman–Crippen MR) is 76.2 cm³/mol. The van der Waals surface area contributed by atoms with Gasteiger partial charge in [-0.2, -0.15) is 0 Å². The smallest absolute Gasteiger partial charge is 0.128 e. The molecule has 0 aliphatic rings. The molecule has 1 unspecified atom stereocenters. The molecule has 3 nitrogen and oxygen atoms in total. The number of benzene rings is 1. The van der Waals surface area contributed by atoms with Gasteiger partial charge in [0.15, 0.2) is 0 Å². The van der Waals surface area contributed by atoms with Crippen molar-refractivity contribution in [1.29, 1.82) is 0 Å². The van der Waals surface area contributed by atoms with Crippen LogP contribution < -0.4 is 10.1 Å². The van der Waals surface area contributed by atoms with Crippen LogP contribution in [0.15, 0.2) is 23.6 Å². The van der Waals surface area contributed by atoms with Gasteiger partial charge in [-0.25, -0.2) is 9.37 Å². The van der Waals surface area contributed by atoms with Gasteiger partial charge >= 0.3 is 0 Å². The topological polar surface area (TPSA) is 34.1 Å². The Kier molecular flexibility index (Phi) is 4.50. The minimum Gasteiger partial charge on any atom is -0.493 e. The molecule has 1 aromatic carbocycles. The van der Waals surface area contributed by atoms with Crippen molar-refractivity contribution < 1.29 is 9.13 Å². The quantitative estimate of drug-likeness (QED) is 0.908. The van der Waals surface area contributed by atoms with Gasteiger partial charge in [-0.3, -0.25) is 0 Å². The van der Waals surface area contributed by atoms with Crippen molar-refractivity contribution in [2.45, 2.75) is 19.9 Å². The molecule has 102 valence electrons. The van der Waals surface area contributed by atoms with Crippen molar-refractivity contribution >= 4 is 11.3 Å². The average molecular weight is 280 g/mol. The highest BCUT2D eigenvalue weighted by atomic mass is 32.1. The first-order valence-corrected chi connectivity index (χ1v) is 7.09. The molecule has 1 heterocycles. The molecule has 19 heavy (non-hydrogen) atoms. The Labute approximate surface area is 116 Å². The molecule has 0 fully saturated rings. The summed E-state index contributed by atoms with van der Waals surface area (Å²) in [6.45, 7) is 4.49. The fourth-order valence-electron chi connectivity index (χ4n) is 1.72. The number of hydrogen-bond acceptors (Lipinski definition) is 4. The van der Waals surface area contributed by atoms with Gasteiger partial charge in [0.05, 0.1) is 18.3 Å². The lowest BCUT2D eigenvalue weighted by Crippen LogP contribution is -2.11. The van der Waals surface area contributed by atoms with Crippen LogP contribution >= 0.6 is 11.3 Å². The molecular weight excluding hydrogens is 263 g/mol. The first kappa shape index (κ1) is 14.0. The maximum Gasteiger partial charge on any atom is 0.128 e. The van der Waals surface area contributed by atoms with Crippen LogP contribution in [0.2, 0.25) is 0 Å². The maximum atomic E-state index is 13.4. The molecule has 0 spiro atoms. The Morgan fingerprint density at radius 1 is 1.47 bits per heavy atom. The van der Waals surface area contributed by atoms with Crippen LogP contribution in [0, 0.1) is 5.82 Å². The largest absolute Gasteiger partial charge is 0.493 e. The van der Waals surface area contributed by atoms with Crippen molar-refractivity contribution in [3.63, 3.8) is 0 Å². The second-order valence-corrected chi connectivity index (χ2v) is 5.04. The van der Waals surface area contributed by atoms with E-state index in [2.05, 4.69) is 10.3 Å². The number of ether oxygens (including phenoxy) is 1. The summed E-state index contributed by atoms with van der Waals surface area (Å²) in [6.07, 6.45) is 0. The number of halogens is 1. The molecule has 0 radical (unpaired) electrons. The van der Waals surface area contributed by atoms with Crippen molar-refractivity contribution in [3.8, 4) is 17.0 Å². The highest BCUT2D eigenvalue weighted by Crippen LogP contribution is 2.32. The van der Waals surface area contributed by atoms with Gasteiger partial charge in [0.2, 0.25) is 0 Å². The lowest BCUT2D eigenvalue weighted by molar-refractivity contribution is 0.341. The molecule has 5 heteroatoms. The summed E-state index contributed by atoms with van der Waals surface area (Å²) in [4.78, 5) is 4.54. The van der Waals surface area contributed by atoms with Crippen LogP contribution in [0.3, 0.4) is 0 Å². The van der Waals surface area contributed by atoms with Crippen LogP contribution in [0.1, 0.15) is 24.9 Å². The number of aromatic nitrogens is 1. The monoisotopic (exact) mass is 280 g/mol. The first-order valence-electron chi connectivity index (χ1n) is 6.21. The standard InChI is InChI=1S/C14H17FN2OS/c1-4-18-13-6-5-10(15)7-11(13)12-8-19-14(17-12)9(2)16-3/h5-9,16H,4H2,1-3H3. The summed E-state index contributed by atoms with van der Waals surface area (Å²) in [5, 5.41) is 6.05. The number of nitrogens with zero attached hydrogens (tertiary/aromatic N) is 1. The molecule has 0 saturated carbocycles. The fourth-order valence-corrected chi connectivity index (χ4v) is 2.60. The Morgan fingerprint density at radius 2 is 2.26 bits per heavy atom. The van der Waals surface area contributed by atoms with E-state index in [-0.39, 0.29) is 11.9 Å². The highest BCUT2D eigenvalue weighted by Gasteiger charge is 2.14. The predicted octanol–water partition coefficient (Wildman–Crippen LogP) is 3.63. The van der Waals surface area contributed by atoms with Gasteiger partial charge in [0.1, 0.15) is 16.6 Å². The second-order valence-electron chi connectivity index (χ2n) is 4.15. The van der Waals surface area contributed by atoms with Gasteiger partial charge < -0.3 is 10.1 Å². The summed E-state index contributed by atoms with van der Waals surface area (Å²) < 4.78 is 18.9. The number of rotatable bonds is 5. The molecule has 2 rings (SSSR count). The van der Waals surface area contributed by atoms with Gasteiger partial charge in [-0.15, -0.1) is 11.3 Å². The van der Waals surface area contributed by atoms with E-state index < -0.39 is 0 Å². The van der Waals surface area contributed by atoms with Crippen molar-refractivity contribution in [1.82, 2.24) is 10.3 Å². The van der Waals surface area contributed by atoms with Crippen LogP contribution in [0.4, 0.5) is 4.39 Å². The summed E-state index contributed by atoms with van der Waals surface area (Å²) in [5.74, 6) is 0.382. The van der Waals surface area contributed by atoms with Crippen molar-refractivity contribution in [2.75, 3.05) is 13.7 Å². The third-order valence-electron chi connectivity index (χ3n) is 2.84. The SMILES string of the molecule is CCOc1ccc(F)cc1-c1csc(C(C)NC)n1. The van der Waals surface area contributed by atoms with Crippen LogP contribution in [0.5, 0.6) is 5.75 Å². The Hall–Kier alpha value is -1.46. The molecular formula is C14H17FN2OS. The summed E-state index contributed by atoms with van der Waals surface area (Å²) in [7, 11) is 1.89. The second kappa shape index (κ2) is 6.12. The van der Waals surface area contributed by atoms with Gasteiger partial charge in [-0.05, 0) is 39.1 Å². The fraction of sp³-hybridized carbons (Fsp3) is 0.357. The minimum absolute atomic E-state index is 0.183. The van der Waals surface area contributed by atoms with E-state index in [1.807, 2.05) is 26.3 Å². The maximum absolute atomic E-state index is 13.4. The minimum atomic E-state index is -0.283. The first-order chi connectivity index (χ1) is 9.15.